The van der Waals surface area contributed by atoms with E-state index < -0.39 is 0 Å². The van der Waals surface area contributed by atoms with Gasteiger partial charge in [0.1, 0.15) is 11.2 Å². The van der Waals surface area contributed by atoms with Gasteiger partial charge in [-0.05, 0) is 31.5 Å². The van der Waals surface area contributed by atoms with Crippen molar-refractivity contribution in [3.8, 4) is 0 Å². The minimum absolute atomic E-state index is 0.185. The van der Waals surface area contributed by atoms with Gasteiger partial charge in [0.2, 0.25) is 0 Å². The molecule has 0 radical (unpaired) electrons. The zero-order chi connectivity index (χ0) is 16.4. The van der Waals surface area contributed by atoms with Gasteiger partial charge >= 0.3 is 6.03 Å². The molecule has 1 saturated heterocycles. The van der Waals surface area contributed by atoms with Crippen LogP contribution in [-0.2, 0) is 0 Å². The lowest BCUT2D eigenvalue weighted by molar-refractivity contribution is 0.213. The van der Waals surface area contributed by atoms with E-state index in [1.165, 1.54) is 6.07 Å². The first-order valence-corrected chi connectivity index (χ1v) is 8.62. The van der Waals surface area contributed by atoms with Gasteiger partial charge in [-0.15, -0.1) is 11.8 Å². The fourth-order valence-corrected chi connectivity index (χ4v) is 4.03. The number of nitrogens with one attached hydrogen (secondary N) is 1. The number of nitrogens with zero attached hydrogens (tertiary/aromatic N) is 1. The number of thioether (sulfide) groups is 1. The average molecular weight is 330 g/mol. The molecule has 3 rings (SSSR count). The maximum absolute atomic E-state index is 14.0. The summed E-state index contributed by atoms with van der Waals surface area (Å²) in [5.41, 5.74) is 3.53. The lowest BCUT2D eigenvalue weighted by Crippen LogP contribution is -2.34. The van der Waals surface area contributed by atoms with E-state index in [0.29, 0.717) is 12.1 Å². The number of hydrogen-bond donors (Lipinski definition) is 1. The summed E-state index contributed by atoms with van der Waals surface area (Å²) in [5, 5.41) is 2.67. The van der Waals surface area contributed by atoms with E-state index in [9.17, 15) is 9.18 Å². The molecular weight excluding hydrogens is 311 g/mol. The topological polar surface area (TPSA) is 32.3 Å². The van der Waals surface area contributed by atoms with Crippen LogP contribution < -0.4 is 5.32 Å². The Balaban J connectivity index is 1.80. The number of rotatable bonds is 2. The molecule has 23 heavy (non-hydrogen) atoms. The molecule has 120 valence electrons. The number of anilines is 1. The Bertz CT molecular complexity index is 735. The molecule has 2 aromatic rings. The van der Waals surface area contributed by atoms with Crippen molar-refractivity contribution in [3.05, 3.63) is 65.0 Å². The normalized spacial score (nSPS) is 17.3. The number of aryl methyl sites for hydroxylation is 2. The maximum atomic E-state index is 14.0. The Morgan fingerprint density at radius 3 is 2.78 bits per heavy atom. The summed E-state index contributed by atoms with van der Waals surface area (Å²) < 4.78 is 14.0. The Morgan fingerprint density at radius 1 is 1.26 bits per heavy atom. The molecule has 1 atom stereocenters. The van der Waals surface area contributed by atoms with Crippen molar-refractivity contribution in [1.29, 1.82) is 0 Å². The first-order chi connectivity index (χ1) is 11.1. The highest BCUT2D eigenvalue weighted by atomic mass is 32.2. The Labute approximate surface area is 139 Å². The highest BCUT2D eigenvalue weighted by Gasteiger charge is 2.32. The minimum Gasteiger partial charge on any atom is -0.308 e. The second-order valence-electron chi connectivity index (χ2n) is 5.69. The van der Waals surface area contributed by atoms with Crippen LogP contribution in [0.3, 0.4) is 0 Å². The third-order valence-corrected chi connectivity index (χ3v) is 5.19. The molecule has 0 aliphatic carbocycles. The van der Waals surface area contributed by atoms with Crippen molar-refractivity contribution in [2.24, 2.45) is 0 Å². The number of hydrogen-bond acceptors (Lipinski definition) is 2. The number of halogens is 1. The summed E-state index contributed by atoms with van der Waals surface area (Å²) >= 11 is 1.59. The van der Waals surface area contributed by atoms with E-state index in [-0.39, 0.29) is 17.2 Å². The molecule has 0 bridgehead atoms. The zero-order valence-electron chi connectivity index (χ0n) is 13.2. The van der Waals surface area contributed by atoms with Gasteiger partial charge in [0.25, 0.3) is 0 Å². The van der Waals surface area contributed by atoms with E-state index in [0.717, 1.165) is 22.6 Å². The third kappa shape index (κ3) is 3.34. The molecule has 2 aromatic carbocycles. The lowest BCUT2D eigenvalue weighted by Gasteiger charge is -2.25. The predicted octanol–water partition coefficient (Wildman–Crippen LogP) is 4.72. The van der Waals surface area contributed by atoms with Crippen LogP contribution in [0.5, 0.6) is 0 Å². The van der Waals surface area contributed by atoms with Crippen molar-refractivity contribution in [3.63, 3.8) is 0 Å². The highest BCUT2D eigenvalue weighted by Crippen LogP contribution is 2.39. The largest absolute Gasteiger partial charge is 0.323 e. The maximum Gasteiger partial charge on any atom is 0.323 e. The molecule has 1 heterocycles. The van der Waals surface area contributed by atoms with Crippen LogP contribution in [0, 0.1) is 19.7 Å². The second kappa shape index (κ2) is 6.62. The van der Waals surface area contributed by atoms with Gasteiger partial charge in [-0.3, -0.25) is 0 Å². The highest BCUT2D eigenvalue weighted by molar-refractivity contribution is 7.99. The van der Waals surface area contributed by atoms with E-state index >= 15 is 0 Å². The smallest absolute Gasteiger partial charge is 0.308 e. The lowest BCUT2D eigenvalue weighted by atomic mass is 10.1. The first kappa shape index (κ1) is 15.9. The van der Waals surface area contributed by atoms with Gasteiger partial charge in [0.05, 0.1) is 0 Å². The van der Waals surface area contributed by atoms with Crippen LogP contribution in [0.2, 0.25) is 0 Å². The minimum atomic E-state index is -0.276. The van der Waals surface area contributed by atoms with Gasteiger partial charge in [-0.25, -0.2) is 9.18 Å². The van der Waals surface area contributed by atoms with Crippen molar-refractivity contribution in [2.75, 3.05) is 17.6 Å². The Kier molecular flexibility index (Phi) is 4.57. The average Bonchev–Trinajstić information content (AvgIpc) is 3.00. The Hall–Kier alpha value is -2.01. The molecule has 3 nitrogen and oxygen atoms in total. The van der Waals surface area contributed by atoms with Crippen molar-refractivity contribution >= 4 is 23.5 Å². The summed E-state index contributed by atoms with van der Waals surface area (Å²) in [6.07, 6.45) is 0. The van der Waals surface area contributed by atoms with Crippen molar-refractivity contribution < 1.29 is 9.18 Å². The summed E-state index contributed by atoms with van der Waals surface area (Å²) in [4.78, 5) is 14.3. The monoisotopic (exact) mass is 330 g/mol. The summed E-state index contributed by atoms with van der Waals surface area (Å²) in [6.45, 7) is 4.60. The summed E-state index contributed by atoms with van der Waals surface area (Å²) in [6, 6.07) is 12.4. The molecular formula is C18H19FN2OS. The van der Waals surface area contributed by atoms with Crippen LogP contribution >= 0.6 is 11.8 Å². The predicted molar refractivity (Wildman–Crippen MR) is 93.2 cm³/mol. The van der Waals surface area contributed by atoms with Gasteiger partial charge in [0, 0.05) is 23.5 Å². The van der Waals surface area contributed by atoms with E-state index in [1.54, 1.807) is 34.9 Å². The second-order valence-corrected chi connectivity index (χ2v) is 6.87. The van der Waals surface area contributed by atoms with Crippen LogP contribution in [-0.4, -0.2) is 23.2 Å². The molecule has 2 amide bonds. The standard InChI is InChI=1S/C18H19FN2OS/c1-12-7-8-16(13(2)11-12)20-18(22)21-9-10-23-17(21)14-5-3-4-6-15(14)19/h3-8,11,17H,9-10H2,1-2H3,(H,20,22)/t17-/m1/s1. The zero-order valence-corrected chi connectivity index (χ0v) is 14.0. The molecule has 1 aliphatic rings. The molecule has 5 heteroatoms. The third-order valence-electron chi connectivity index (χ3n) is 3.95. The number of urea groups is 1. The van der Waals surface area contributed by atoms with Crippen molar-refractivity contribution in [1.82, 2.24) is 4.90 Å². The molecule has 0 spiro atoms. The van der Waals surface area contributed by atoms with Gasteiger partial charge in [0.15, 0.2) is 0 Å². The van der Waals surface area contributed by atoms with Crippen LogP contribution in [0.4, 0.5) is 14.9 Å². The number of benzene rings is 2. The van der Waals surface area contributed by atoms with Crippen LogP contribution in [0.15, 0.2) is 42.5 Å². The molecule has 0 saturated carbocycles. The molecule has 0 unspecified atom stereocenters. The Morgan fingerprint density at radius 2 is 2.04 bits per heavy atom. The molecule has 1 aliphatic heterocycles. The quantitative estimate of drug-likeness (QED) is 0.864. The molecule has 1 N–H and O–H groups in total. The van der Waals surface area contributed by atoms with Gasteiger partial charge in [-0.2, -0.15) is 0 Å². The van der Waals surface area contributed by atoms with E-state index in [2.05, 4.69) is 5.32 Å². The SMILES string of the molecule is Cc1ccc(NC(=O)N2CCS[C@@H]2c2ccccc2F)c(C)c1. The molecule has 0 aromatic heterocycles. The number of carbonyl (C=O) groups is 1. The summed E-state index contributed by atoms with van der Waals surface area (Å²) in [5.74, 6) is 0.537. The fourth-order valence-electron chi connectivity index (χ4n) is 2.75. The van der Waals surface area contributed by atoms with Crippen LogP contribution in [0.1, 0.15) is 22.1 Å². The fraction of sp³-hybridized carbons (Fsp3) is 0.278. The molecule has 1 fully saturated rings. The van der Waals surface area contributed by atoms with E-state index in [4.69, 9.17) is 0 Å². The van der Waals surface area contributed by atoms with Gasteiger partial charge in [-0.1, -0.05) is 35.9 Å². The van der Waals surface area contributed by atoms with Crippen molar-refractivity contribution in [2.45, 2.75) is 19.2 Å². The van der Waals surface area contributed by atoms with Crippen LogP contribution in [0.25, 0.3) is 0 Å². The first-order valence-electron chi connectivity index (χ1n) is 7.57. The van der Waals surface area contributed by atoms with E-state index in [1.807, 2.05) is 32.0 Å². The summed E-state index contributed by atoms with van der Waals surface area (Å²) in [7, 11) is 0. The number of amides is 2. The number of carbonyl (C=O) groups excluding carboxylic acids is 1. The van der Waals surface area contributed by atoms with Gasteiger partial charge < -0.3 is 10.2 Å².